The van der Waals surface area contributed by atoms with Gasteiger partial charge >= 0.3 is 0 Å². The van der Waals surface area contributed by atoms with Gasteiger partial charge in [0.2, 0.25) is 5.88 Å². The summed E-state index contributed by atoms with van der Waals surface area (Å²) in [4.78, 5) is 29.0. The maximum absolute atomic E-state index is 11.9. The number of methoxy groups -OCH3 is 1. The average molecular weight is 220 g/mol. The van der Waals surface area contributed by atoms with Crippen LogP contribution in [-0.2, 0) is 0 Å². The van der Waals surface area contributed by atoms with E-state index in [1.807, 2.05) is 0 Å². The minimum atomic E-state index is -0.287. The molecule has 1 aliphatic rings. The van der Waals surface area contributed by atoms with Gasteiger partial charge < -0.3 is 4.74 Å². The van der Waals surface area contributed by atoms with E-state index in [-0.39, 0.29) is 17.9 Å². The largest absolute Gasteiger partial charge is 0.481 e. The van der Waals surface area contributed by atoms with Crippen LogP contribution in [0.25, 0.3) is 0 Å². The number of carbonyl (C=O) groups excluding carboxylic acids is 2. The quantitative estimate of drug-likeness (QED) is 0.700. The van der Waals surface area contributed by atoms with Crippen LogP contribution in [0.15, 0.2) is 12.3 Å². The Bertz CT molecular complexity index is 468. The molecule has 0 unspecified atom stereocenters. The van der Waals surface area contributed by atoms with Crippen LogP contribution in [0.4, 0.5) is 0 Å². The van der Waals surface area contributed by atoms with Crippen molar-refractivity contribution in [2.24, 2.45) is 0 Å². The van der Waals surface area contributed by atoms with Crippen molar-refractivity contribution in [2.45, 2.75) is 19.9 Å². The van der Waals surface area contributed by atoms with Gasteiger partial charge in [-0.15, -0.1) is 0 Å². The minimum Gasteiger partial charge on any atom is -0.481 e. The SMILES string of the molecule is COc1cc2c(cn1)C(=O)N(C(C)C)C2=O. The smallest absolute Gasteiger partial charge is 0.263 e. The number of pyridine rings is 1. The number of aromatic nitrogens is 1. The Balaban J connectivity index is 2.51. The fraction of sp³-hybridized carbons (Fsp3) is 0.364. The van der Waals surface area contributed by atoms with Crippen molar-refractivity contribution in [3.8, 4) is 5.88 Å². The second-order valence-corrected chi connectivity index (χ2v) is 3.85. The first-order valence-corrected chi connectivity index (χ1v) is 4.98. The predicted octanol–water partition coefficient (Wildman–Crippen LogP) is 1.09. The van der Waals surface area contributed by atoms with Crippen molar-refractivity contribution in [1.29, 1.82) is 0 Å². The van der Waals surface area contributed by atoms with Crippen LogP contribution >= 0.6 is 0 Å². The minimum absolute atomic E-state index is 0.154. The van der Waals surface area contributed by atoms with E-state index in [9.17, 15) is 9.59 Å². The number of ether oxygens (including phenoxy) is 1. The second-order valence-electron chi connectivity index (χ2n) is 3.85. The summed E-state index contributed by atoms with van der Waals surface area (Å²) in [7, 11) is 1.47. The molecule has 0 fully saturated rings. The first kappa shape index (κ1) is 10.6. The molecule has 0 aliphatic carbocycles. The summed E-state index contributed by atoms with van der Waals surface area (Å²) in [6.45, 7) is 3.60. The molecule has 0 spiro atoms. The lowest BCUT2D eigenvalue weighted by molar-refractivity contribution is 0.0609. The van der Waals surface area contributed by atoms with Crippen LogP contribution in [0, 0.1) is 0 Å². The molecule has 1 aliphatic heterocycles. The summed E-state index contributed by atoms with van der Waals surface area (Å²) in [5, 5.41) is 0. The Morgan fingerprint density at radius 1 is 1.25 bits per heavy atom. The van der Waals surface area contributed by atoms with Gasteiger partial charge in [-0.2, -0.15) is 0 Å². The molecule has 0 saturated heterocycles. The van der Waals surface area contributed by atoms with E-state index < -0.39 is 0 Å². The lowest BCUT2D eigenvalue weighted by Gasteiger charge is -2.17. The normalized spacial score (nSPS) is 14.6. The summed E-state index contributed by atoms with van der Waals surface area (Å²) in [6, 6.07) is 1.34. The standard InChI is InChI=1S/C11H12N2O3/c1-6(2)13-10(14)7-4-9(16-3)12-5-8(7)11(13)15/h4-6H,1-3H3. The molecule has 1 aromatic heterocycles. The van der Waals surface area contributed by atoms with Gasteiger partial charge in [-0.05, 0) is 13.8 Å². The van der Waals surface area contributed by atoms with E-state index in [1.165, 1.54) is 24.3 Å². The summed E-state index contributed by atoms with van der Waals surface area (Å²) in [5.74, 6) is -0.230. The molecular weight excluding hydrogens is 208 g/mol. The molecule has 2 amide bonds. The van der Waals surface area contributed by atoms with Gasteiger partial charge in [0.25, 0.3) is 11.8 Å². The summed E-state index contributed by atoms with van der Waals surface area (Å²) in [6.07, 6.45) is 1.39. The van der Waals surface area contributed by atoms with Gasteiger partial charge in [0.05, 0.1) is 18.2 Å². The highest BCUT2D eigenvalue weighted by Crippen LogP contribution is 2.26. The average Bonchev–Trinajstić information content (AvgIpc) is 2.51. The van der Waals surface area contributed by atoms with Crippen LogP contribution in [0.3, 0.4) is 0 Å². The first-order valence-electron chi connectivity index (χ1n) is 4.98. The van der Waals surface area contributed by atoms with Crippen LogP contribution in [0.1, 0.15) is 34.6 Å². The van der Waals surface area contributed by atoms with Crippen LogP contribution in [0.5, 0.6) is 5.88 Å². The molecule has 0 aromatic carbocycles. The van der Waals surface area contributed by atoms with Gasteiger partial charge in [0.1, 0.15) is 0 Å². The van der Waals surface area contributed by atoms with Crippen LogP contribution in [-0.4, -0.2) is 34.8 Å². The fourth-order valence-corrected chi connectivity index (χ4v) is 1.72. The van der Waals surface area contributed by atoms with E-state index >= 15 is 0 Å². The Morgan fingerprint density at radius 2 is 1.88 bits per heavy atom. The molecule has 0 radical (unpaired) electrons. The summed E-state index contributed by atoms with van der Waals surface area (Å²) < 4.78 is 4.93. The van der Waals surface area contributed by atoms with Crippen LogP contribution < -0.4 is 4.74 Å². The van der Waals surface area contributed by atoms with Gasteiger partial charge in [-0.1, -0.05) is 0 Å². The first-order chi connectivity index (χ1) is 7.56. The molecule has 5 nitrogen and oxygen atoms in total. The van der Waals surface area contributed by atoms with Gasteiger partial charge in [0.15, 0.2) is 0 Å². The van der Waals surface area contributed by atoms with Gasteiger partial charge in [-0.25, -0.2) is 4.98 Å². The zero-order valence-corrected chi connectivity index (χ0v) is 9.35. The lowest BCUT2D eigenvalue weighted by atomic mass is 10.2. The van der Waals surface area contributed by atoms with Crippen molar-refractivity contribution < 1.29 is 14.3 Å². The molecule has 5 heteroatoms. The number of carbonyl (C=O) groups is 2. The molecule has 2 rings (SSSR count). The topological polar surface area (TPSA) is 59.5 Å². The van der Waals surface area contributed by atoms with E-state index in [2.05, 4.69) is 4.98 Å². The Labute approximate surface area is 93.0 Å². The van der Waals surface area contributed by atoms with Crippen molar-refractivity contribution in [1.82, 2.24) is 9.88 Å². The number of fused-ring (bicyclic) bond motifs is 1. The number of imide groups is 1. The van der Waals surface area contributed by atoms with Crippen LogP contribution in [0.2, 0.25) is 0 Å². The highest BCUT2D eigenvalue weighted by Gasteiger charge is 2.37. The zero-order chi connectivity index (χ0) is 11.9. The molecule has 0 saturated carbocycles. The van der Waals surface area contributed by atoms with E-state index in [4.69, 9.17) is 4.74 Å². The number of amides is 2. The maximum Gasteiger partial charge on any atom is 0.263 e. The number of hydrogen-bond acceptors (Lipinski definition) is 4. The third-order valence-electron chi connectivity index (χ3n) is 2.50. The van der Waals surface area contributed by atoms with Crippen molar-refractivity contribution in [3.05, 3.63) is 23.4 Å². The molecular formula is C11H12N2O3. The Hall–Kier alpha value is -1.91. The number of rotatable bonds is 2. The van der Waals surface area contributed by atoms with Crippen molar-refractivity contribution in [3.63, 3.8) is 0 Å². The summed E-state index contributed by atoms with van der Waals surface area (Å²) in [5.41, 5.74) is 0.713. The number of hydrogen-bond donors (Lipinski definition) is 0. The van der Waals surface area contributed by atoms with E-state index in [1.54, 1.807) is 13.8 Å². The van der Waals surface area contributed by atoms with Gasteiger partial charge in [-0.3, -0.25) is 14.5 Å². The molecule has 16 heavy (non-hydrogen) atoms. The molecule has 0 bridgehead atoms. The molecule has 0 atom stereocenters. The fourth-order valence-electron chi connectivity index (χ4n) is 1.72. The van der Waals surface area contributed by atoms with E-state index in [0.717, 1.165) is 0 Å². The third-order valence-corrected chi connectivity index (χ3v) is 2.50. The van der Waals surface area contributed by atoms with Crippen molar-refractivity contribution >= 4 is 11.8 Å². The molecule has 2 heterocycles. The third kappa shape index (κ3) is 1.36. The highest BCUT2D eigenvalue weighted by molar-refractivity contribution is 6.21. The highest BCUT2D eigenvalue weighted by atomic mass is 16.5. The van der Waals surface area contributed by atoms with Crippen molar-refractivity contribution in [2.75, 3.05) is 7.11 Å². The molecule has 0 N–H and O–H groups in total. The maximum atomic E-state index is 11.9. The zero-order valence-electron chi connectivity index (χ0n) is 9.35. The lowest BCUT2D eigenvalue weighted by Crippen LogP contribution is -2.35. The monoisotopic (exact) mass is 220 g/mol. The molecule has 1 aromatic rings. The Morgan fingerprint density at radius 3 is 2.44 bits per heavy atom. The Kier molecular flexibility index (Phi) is 2.38. The van der Waals surface area contributed by atoms with Gasteiger partial charge in [0, 0.05) is 18.3 Å². The molecule has 84 valence electrons. The van der Waals surface area contributed by atoms with E-state index in [0.29, 0.717) is 17.0 Å². The number of nitrogens with zero attached hydrogens (tertiary/aromatic N) is 2. The second kappa shape index (κ2) is 3.59. The predicted molar refractivity (Wildman–Crippen MR) is 56.4 cm³/mol. The summed E-state index contributed by atoms with van der Waals surface area (Å²) >= 11 is 0.